The summed E-state index contributed by atoms with van der Waals surface area (Å²) in [6.07, 6.45) is 6.88. The molecule has 2 atom stereocenters. The van der Waals surface area contributed by atoms with Crippen LogP contribution >= 0.6 is 11.6 Å². The number of rotatable bonds is 6. The predicted octanol–water partition coefficient (Wildman–Crippen LogP) is 5.60. The summed E-state index contributed by atoms with van der Waals surface area (Å²) in [5.74, 6) is 0.580. The molecule has 1 saturated carbocycles. The fourth-order valence-corrected chi connectivity index (χ4v) is 5.11. The molecule has 2 unspecified atom stereocenters. The molecule has 1 N–H and O–H groups in total. The van der Waals surface area contributed by atoms with E-state index < -0.39 is 0 Å². The maximum absolute atomic E-state index is 10.6. The van der Waals surface area contributed by atoms with Crippen LogP contribution in [0.25, 0.3) is 0 Å². The Morgan fingerprint density at radius 3 is 2.44 bits per heavy atom. The lowest BCUT2D eigenvalue weighted by atomic mass is 9.64. The van der Waals surface area contributed by atoms with E-state index in [-0.39, 0.29) is 6.10 Å². The fourth-order valence-electron chi connectivity index (χ4n) is 4.99. The smallest absolute Gasteiger partial charge is 0.0793 e. The number of hydrogen-bond donors (Lipinski definition) is 1. The van der Waals surface area contributed by atoms with Crippen molar-refractivity contribution >= 4 is 11.6 Å². The van der Waals surface area contributed by atoms with Crippen LogP contribution in [0.3, 0.4) is 0 Å². The van der Waals surface area contributed by atoms with E-state index in [4.69, 9.17) is 11.6 Å². The van der Waals surface area contributed by atoms with Crippen LogP contribution in [0.1, 0.15) is 55.8 Å². The Labute approximate surface area is 168 Å². The Kier molecular flexibility index (Phi) is 5.87. The van der Waals surface area contributed by atoms with Gasteiger partial charge in [-0.05, 0) is 67.8 Å². The zero-order valence-corrected chi connectivity index (χ0v) is 16.7. The van der Waals surface area contributed by atoms with Gasteiger partial charge >= 0.3 is 0 Å². The molecule has 2 nitrogen and oxygen atoms in total. The van der Waals surface area contributed by atoms with Crippen LogP contribution in [0.5, 0.6) is 0 Å². The number of hydrogen-bond acceptors (Lipinski definition) is 2. The predicted molar refractivity (Wildman–Crippen MR) is 112 cm³/mol. The highest BCUT2D eigenvalue weighted by Gasteiger charge is 2.40. The van der Waals surface area contributed by atoms with Gasteiger partial charge in [-0.25, -0.2) is 0 Å². The molecule has 4 rings (SSSR count). The third-order valence-electron chi connectivity index (χ3n) is 6.64. The van der Waals surface area contributed by atoms with Crippen molar-refractivity contribution in [3.8, 4) is 0 Å². The van der Waals surface area contributed by atoms with E-state index in [1.807, 2.05) is 42.5 Å². The molecule has 1 aliphatic heterocycles. The highest BCUT2D eigenvalue weighted by molar-refractivity contribution is 6.30. The fraction of sp³-hybridized carbons (Fsp3) is 0.500. The molecule has 144 valence electrons. The molecular formula is C24H30ClNO. The first-order valence-corrected chi connectivity index (χ1v) is 10.7. The van der Waals surface area contributed by atoms with E-state index in [0.717, 1.165) is 30.1 Å². The molecule has 1 heterocycles. The van der Waals surface area contributed by atoms with Gasteiger partial charge in [0.2, 0.25) is 0 Å². The molecule has 2 aromatic rings. The summed E-state index contributed by atoms with van der Waals surface area (Å²) in [6.45, 7) is 3.44. The minimum Gasteiger partial charge on any atom is -0.388 e. The minimum absolute atomic E-state index is 0.310. The lowest BCUT2D eigenvalue weighted by molar-refractivity contribution is 0.0714. The van der Waals surface area contributed by atoms with Gasteiger partial charge in [0.1, 0.15) is 0 Å². The quantitative estimate of drug-likeness (QED) is 0.702. The Morgan fingerprint density at radius 1 is 1.04 bits per heavy atom. The second kappa shape index (κ2) is 8.34. The van der Waals surface area contributed by atoms with Gasteiger partial charge in [-0.15, -0.1) is 0 Å². The third kappa shape index (κ3) is 4.39. The van der Waals surface area contributed by atoms with Crippen LogP contribution in [0.4, 0.5) is 0 Å². The van der Waals surface area contributed by atoms with Crippen molar-refractivity contribution in [3.63, 3.8) is 0 Å². The number of aliphatic hydroxyl groups excluding tert-OH is 1. The highest BCUT2D eigenvalue weighted by atomic mass is 35.5. The molecule has 2 fully saturated rings. The van der Waals surface area contributed by atoms with Gasteiger partial charge in [0.25, 0.3) is 0 Å². The summed E-state index contributed by atoms with van der Waals surface area (Å²) in [7, 11) is 0. The molecule has 2 aliphatic rings. The van der Waals surface area contributed by atoms with E-state index in [0.29, 0.717) is 11.3 Å². The molecule has 0 spiro atoms. The standard InChI is InChI=1S/C24H30ClNO/c25-22-11-9-21(10-12-22)24(13-5-14-24)18-26-15-4-6-19(17-26)16-23(27)20-7-2-1-3-8-20/h1-3,7-12,19,23,27H,4-6,13-18H2. The Morgan fingerprint density at radius 2 is 1.78 bits per heavy atom. The zero-order chi connectivity index (χ0) is 18.7. The van der Waals surface area contributed by atoms with Gasteiger partial charge in [-0.1, -0.05) is 60.5 Å². The van der Waals surface area contributed by atoms with Crippen molar-refractivity contribution in [2.45, 2.75) is 50.0 Å². The maximum Gasteiger partial charge on any atom is 0.0793 e. The van der Waals surface area contributed by atoms with Crippen LogP contribution in [0, 0.1) is 5.92 Å². The zero-order valence-electron chi connectivity index (χ0n) is 16.0. The van der Waals surface area contributed by atoms with Crippen LogP contribution in [-0.4, -0.2) is 29.6 Å². The number of halogens is 1. The van der Waals surface area contributed by atoms with Crippen LogP contribution in [0.15, 0.2) is 54.6 Å². The Balaban J connectivity index is 1.38. The summed E-state index contributed by atoms with van der Waals surface area (Å²) in [6, 6.07) is 18.6. The molecule has 0 amide bonds. The van der Waals surface area contributed by atoms with E-state index >= 15 is 0 Å². The largest absolute Gasteiger partial charge is 0.388 e. The van der Waals surface area contributed by atoms with Crippen molar-refractivity contribution in [2.24, 2.45) is 5.92 Å². The van der Waals surface area contributed by atoms with Gasteiger partial charge in [0, 0.05) is 23.5 Å². The van der Waals surface area contributed by atoms with E-state index in [9.17, 15) is 5.11 Å². The van der Waals surface area contributed by atoms with Crippen molar-refractivity contribution < 1.29 is 5.11 Å². The molecule has 0 bridgehead atoms. The Bertz CT molecular complexity index is 726. The van der Waals surface area contributed by atoms with Gasteiger partial charge in [-0.3, -0.25) is 0 Å². The molecule has 1 saturated heterocycles. The number of likely N-dealkylation sites (tertiary alicyclic amines) is 1. The van der Waals surface area contributed by atoms with Crippen molar-refractivity contribution in [1.82, 2.24) is 4.90 Å². The van der Waals surface area contributed by atoms with Crippen LogP contribution in [0.2, 0.25) is 5.02 Å². The normalized spacial score (nSPS) is 23.6. The van der Waals surface area contributed by atoms with Gasteiger partial charge in [0.15, 0.2) is 0 Å². The molecule has 0 aromatic heterocycles. The van der Waals surface area contributed by atoms with Crippen molar-refractivity contribution in [3.05, 3.63) is 70.7 Å². The lowest BCUT2D eigenvalue weighted by Crippen LogP contribution is -2.48. The van der Waals surface area contributed by atoms with E-state index in [1.54, 1.807) is 0 Å². The molecule has 0 radical (unpaired) electrons. The van der Waals surface area contributed by atoms with Crippen LogP contribution < -0.4 is 0 Å². The first-order chi connectivity index (χ1) is 13.1. The summed E-state index contributed by atoms with van der Waals surface area (Å²) in [5, 5.41) is 11.4. The summed E-state index contributed by atoms with van der Waals surface area (Å²) in [4.78, 5) is 2.65. The third-order valence-corrected chi connectivity index (χ3v) is 6.89. The maximum atomic E-state index is 10.6. The van der Waals surface area contributed by atoms with E-state index in [1.165, 1.54) is 44.2 Å². The van der Waals surface area contributed by atoms with Gasteiger partial charge in [-0.2, -0.15) is 0 Å². The molecule has 27 heavy (non-hydrogen) atoms. The summed E-state index contributed by atoms with van der Waals surface area (Å²) >= 11 is 6.10. The molecule has 2 aromatic carbocycles. The van der Waals surface area contributed by atoms with Crippen molar-refractivity contribution in [2.75, 3.05) is 19.6 Å². The first-order valence-electron chi connectivity index (χ1n) is 10.4. The first kappa shape index (κ1) is 19.0. The number of benzene rings is 2. The second-order valence-corrected chi connectivity index (χ2v) is 8.98. The monoisotopic (exact) mass is 383 g/mol. The van der Waals surface area contributed by atoms with Gasteiger partial charge < -0.3 is 10.0 Å². The second-order valence-electron chi connectivity index (χ2n) is 8.55. The topological polar surface area (TPSA) is 23.5 Å². The van der Waals surface area contributed by atoms with E-state index in [2.05, 4.69) is 17.0 Å². The number of nitrogens with zero attached hydrogens (tertiary/aromatic N) is 1. The molecule has 1 aliphatic carbocycles. The SMILES string of the molecule is OC(CC1CCCN(CC2(c3ccc(Cl)cc3)CCC2)C1)c1ccccc1. The van der Waals surface area contributed by atoms with Crippen molar-refractivity contribution in [1.29, 1.82) is 0 Å². The highest BCUT2D eigenvalue weighted by Crippen LogP contribution is 2.45. The van der Waals surface area contributed by atoms with Gasteiger partial charge in [0.05, 0.1) is 6.10 Å². The lowest BCUT2D eigenvalue weighted by Gasteiger charge is -2.47. The summed E-state index contributed by atoms with van der Waals surface area (Å²) < 4.78 is 0. The van der Waals surface area contributed by atoms with Crippen LogP contribution in [-0.2, 0) is 5.41 Å². The average Bonchev–Trinajstić information content (AvgIpc) is 2.66. The minimum atomic E-state index is -0.343. The average molecular weight is 384 g/mol. The number of piperidine rings is 1. The molecule has 3 heteroatoms. The summed E-state index contributed by atoms with van der Waals surface area (Å²) in [5.41, 5.74) is 2.81. The number of aliphatic hydroxyl groups is 1. The molecular weight excluding hydrogens is 354 g/mol. The Hall–Kier alpha value is -1.35.